The molecule has 0 aliphatic rings. The van der Waals surface area contributed by atoms with Gasteiger partial charge >= 0.3 is 0 Å². The second-order valence-electron chi connectivity index (χ2n) is 6.72. The predicted molar refractivity (Wildman–Crippen MR) is 108 cm³/mol. The number of benzene rings is 2. The molecule has 0 saturated heterocycles. The molecule has 0 saturated carbocycles. The van der Waals surface area contributed by atoms with Crippen molar-refractivity contribution in [3.05, 3.63) is 96.3 Å². The first kappa shape index (κ1) is 17.7. The molecule has 1 N–H and O–H groups in total. The van der Waals surface area contributed by atoms with Crippen molar-refractivity contribution in [2.75, 3.05) is 0 Å². The van der Waals surface area contributed by atoms with E-state index in [1.54, 1.807) is 11.0 Å². The van der Waals surface area contributed by atoms with Crippen molar-refractivity contribution in [2.24, 2.45) is 0 Å². The van der Waals surface area contributed by atoms with E-state index in [-0.39, 0.29) is 11.9 Å². The minimum atomic E-state index is -0.117. The maximum Gasteiger partial charge on any atom is 0.251 e. The number of rotatable bonds is 5. The first-order valence-corrected chi connectivity index (χ1v) is 9.11. The van der Waals surface area contributed by atoms with Crippen LogP contribution in [-0.2, 0) is 0 Å². The fourth-order valence-electron chi connectivity index (χ4n) is 3.14. The number of nitrogens with one attached hydrogen (secondary N) is 1. The van der Waals surface area contributed by atoms with Crippen molar-refractivity contribution >= 4 is 5.91 Å². The van der Waals surface area contributed by atoms with Crippen LogP contribution in [0.3, 0.4) is 0 Å². The molecule has 6 heteroatoms. The van der Waals surface area contributed by atoms with Crippen molar-refractivity contribution in [1.82, 2.24) is 24.6 Å². The molecule has 0 aliphatic carbocycles. The van der Waals surface area contributed by atoms with Crippen LogP contribution in [0.5, 0.6) is 0 Å². The number of amides is 1. The molecule has 6 nitrogen and oxygen atoms in total. The third kappa shape index (κ3) is 3.57. The van der Waals surface area contributed by atoms with Crippen molar-refractivity contribution in [2.45, 2.75) is 19.9 Å². The van der Waals surface area contributed by atoms with E-state index in [2.05, 4.69) is 15.4 Å². The van der Waals surface area contributed by atoms with E-state index in [1.165, 1.54) is 6.33 Å². The summed E-state index contributed by atoms with van der Waals surface area (Å²) in [6, 6.07) is 17.5. The quantitative estimate of drug-likeness (QED) is 0.579. The highest BCUT2D eigenvalue weighted by Crippen LogP contribution is 2.19. The fourth-order valence-corrected chi connectivity index (χ4v) is 3.14. The molecule has 0 aliphatic heterocycles. The summed E-state index contributed by atoms with van der Waals surface area (Å²) in [7, 11) is 0. The van der Waals surface area contributed by atoms with Gasteiger partial charge in [0.2, 0.25) is 0 Å². The lowest BCUT2D eigenvalue weighted by Crippen LogP contribution is -2.26. The van der Waals surface area contributed by atoms with Crippen LogP contribution >= 0.6 is 0 Å². The highest BCUT2D eigenvalue weighted by molar-refractivity contribution is 5.95. The van der Waals surface area contributed by atoms with E-state index in [1.807, 2.05) is 85.4 Å². The van der Waals surface area contributed by atoms with E-state index >= 15 is 0 Å². The van der Waals surface area contributed by atoms with Gasteiger partial charge in [-0.2, -0.15) is 5.10 Å². The van der Waals surface area contributed by atoms with Gasteiger partial charge < -0.3 is 9.88 Å². The molecule has 1 atom stereocenters. The summed E-state index contributed by atoms with van der Waals surface area (Å²) < 4.78 is 3.71. The third-order valence-electron chi connectivity index (χ3n) is 4.78. The fraction of sp³-hybridized carbons (Fsp3) is 0.136. The van der Waals surface area contributed by atoms with Crippen LogP contribution in [0.4, 0.5) is 0 Å². The van der Waals surface area contributed by atoms with Gasteiger partial charge in [0.1, 0.15) is 12.7 Å². The molecule has 0 spiro atoms. The summed E-state index contributed by atoms with van der Waals surface area (Å²) in [5.41, 5.74) is 4.71. The standard InChI is InChI=1S/C22H21N5O/c1-16-5-6-19(13-21(16)26-11-3-4-12-26)22(28)25-17(2)18-7-9-20(10-8-18)27-15-23-14-24-27/h3-15,17H,1-2H3,(H,25,28). The average molecular weight is 371 g/mol. The maximum atomic E-state index is 12.8. The lowest BCUT2D eigenvalue weighted by Gasteiger charge is -2.16. The van der Waals surface area contributed by atoms with E-state index in [4.69, 9.17) is 0 Å². The smallest absolute Gasteiger partial charge is 0.251 e. The topological polar surface area (TPSA) is 64.7 Å². The van der Waals surface area contributed by atoms with Crippen molar-refractivity contribution in [3.63, 3.8) is 0 Å². The summed E-state index contributed by atoms with van der Waals surface area (Å²) in [5.74, 6) is -0.0961. The first-order chi connectivity index (χ1) is 13.6. The van der Waals surface area contributed by atoms with Crippen LogP contribution in [0.25, 0.3) is 11.4 Å². The SMILES string of the molecule is Cc1ccc(C(=O)NC(C)c2ccc(-n3cncn3)cc2)cc1-n1cccc1. The number of aryl methyl sites for hydroxylation is 1. The summed E-state index contributed by atoms with van der Waals surface area (Å²) in [6.45, 7) is 4.01. The molecule has 2 aromatic carbocycles. The Labute approximate surface area is 163 Å². The summed E-state index contributed by atoms with van der Waals surface area (Å²) in [6.07, 6.45) is 7.10. The van der Waals surface area contributed by atoms with Gasteiger partial charge in [0.15, 0.2) is 0 Å². The minimum absolute atomic E-state index is 0.0961. The largest absolute Gasteiger partial charge is 0.346 e. The van der Waals surface area contributed by atoms with Gasteiger partial charge in [0.25, 0.3) is 5.91 Å². The Morgan fingerprint density at radius 2 is 1.82 bits per heavy atom. The Kier molecular flexibility index (Phi) is 4.76. The number of hydrogen-bond acceptors (Lipinski definition) is 3. The molecule has 2 aromatic heterocycles. The Balaban J connectivity index is 1.50. The molecule has 2 heterocycles. The molecule has 140 valence electrons. The molecule has 1 unspecified atom stereocenters. The van der Waals surface area contributed by atoms with Crippen LogP contribution in [0.1, 0.15) is 34.5 Å². The molecule has 28 heavy (non-hydrogen) atoms. The van der Waals surface area contributed by atoms with E-state index in [0.29, 0.717) is 5.56 Å². The van der Waals surface area contributed by atoms with Crippen LogP contribution < -0.4 is 5.32 Å². The monoisotopic (exact) mass is 371 g/mol. The van der Waals surface area contributed by atoms with E-state index in [0.717, 1.165) is 22.5 Å². The van der Waals surface area contributed by atoms with Gasteiger partial charge in [-0.05, 0) is 61.4 Å². The average Bonchev–Trinajstić information content (AvgIpc) is 3.42. The molecular weight excluding hydrogens is 350 g/mol. The molecule has 4 aromatic rings. The zero-order chi connectivity index (χ0) is 19.5. The normalized spacial score (nSPS) is 11.9. The number of carbonyl (C=O) groups is 1. The Morgan fingerprint density at radius 1 is 1.07 bits per heavy atom. The Hall–Kier alpha value is -3.67. The molecule has 0 bridgehead atoms. The van der Waals surface area contributed by atoms with Gasteiger partial charge in [0, 0.05) is 23.6 Å². The highest BCUT2D eigenvalue weighted by atomic mass is 16.1. The van der Waals surface area contributed by atoms with E-state index in [9.17, 15) is 4.79 Å². The first-order valence-electron chi connectivity index (χ1n) is 9.11. The van der Waals surface area contributed by atoms with Crippen molar-refractivity contribution in [1.29, 1.82) is 0 Å². The number of carbonyl (C=O) groups excluding carboxylic acids is 1. The van der Waals surface area contributed by atoms with Crippen LogP contribution in [-0.4, -0.2) is 25.2 Å². The Morgan fingerprint density at radius 3 is 2.50 bits per heavy atom. The summed E-state index contributed by atoms with van der Waals surface area (Å²) in [4.78, 5) is 16.7. The van der Waals surface area contributed by atoms with Crippen molar-refractivity contribution in [3.8, 4) is 11.4 Å². The molecule has 0 radical (unpaired) electrons. The summed E-state index contributed by atoms with van der Waals surface area (Å²) >= 11 is 0. The van der Waals surface area contributed by atoms with Gasteiger partial charge in [-0.25, -0.2) is 9.67 Å². The molecule has 0 fully saturated rings. The molecule has 4 rings (SSSR count). The van der Waals surface area contributed by atoms with Gasteiger partial charge in [-0.3, -0.25) is 4.79 Å². The van der Waals surface area contributed by atoms with Crippen LogP contribution in [0.2, 0.25) is 0 Å². The number of aromatic nitrogens is 4. The minimum Gasteiger partial charge on any atom is -0.346 e. The Bertz CT molecular complexity index is 1070. The molecular formula is C22H21N5O. The van der Waals surface area contributed by atoms with Crippen LogP contribution in [0, 0.1) is 6.92 Å². The van der Waals surface area contributed by atoms with Gasteiger partial charge in [-0.1, -0.05) is 18.2 Å². The summed E-state index contributed by atoms with van der Waals surface area (Å²) in [5, 5.41) is 7.19. The lowest BCUT2D eigenvalue weighted by molar-refractivity contribution is 0.0940. The van der Waals surface area contributed by atoms with Crippen LogP contribution in [0.15, 0.2) is 79.6 Å². The molecule has 1 amide bonds. The second-order valence-corrected chi connectivity index (χ2v) is 6.72. The van der Waals surface area contributed by atoms with E-state index < -0.39 is 0 Å². The number of hydrogen-bond donors (Lipinski definition) is 1. The second kappa shape index (κ2) is 7.52. The third-order valence-corrected chi connectivity index (χ3v) is 4.78. The van der Waals surface area contributed by atoms with Gasteiger partial charge in [-0.15, -0.1) is 0 Å². The lowest BCUT2D eigenvalue weighted by atomic mass is 10.1. The zero-order valence-electron chi connectivity index (χ0n) is 15.8. The predicted octanol–water partition coefficient (Wildman–Crippen LogP) is 3.86. The highest BCUT2D eigenvalue weighted by Gasteiger charge is 2.13. The van der Waals surface area contributed by atoms with Crippen molar-refractivity contribution < 1.29 is 4.79 Å². The van der Waals surface area contributed by atoms with Gasteiger partial charge in [0.05, 0.1) is 11.7 Å². The maximum absolute atomic E-state index is 12.8. The zero-order valence-corrected chi connectivity index (χ0v) is 15.8. The number of nitrogens with zero attached hydrogens (tertiary/aromatic N) is 4.